The van der Waals surface area contributed by atoms with Gasteiger partial charge in [-0.25, -0.2) is 4.98 Å². The molecular weight excluding hydrogens is 208 g/mol. The number of nitrogens with zero attached hydrogens (tertiary/aromatic N) is 1. The molecule has 15 heavy (non-hydrogen) atoms. The Balaban J connectivity index is 2.47. The third-order valence-electron chi connectivity index (χ3n) is 2.56. The SMILES string of the molecule is CCOc1nc2c(cc1C(N)=S)CCC2. The number of aryl methyl sites for hydroxylation is 2. The van der Waals surface area contributed by atoms with Crippen LogP contribution in [0.3, 0.4) is 0 Å². The molecule has 0 aromatic carbocycles. The first kappa shape index (κ1) is 10.4. The fourth-order valence-corrected chi connectivity index (χ4v) is 2.02. The van der Waals surface area contributed by atoms with Crippen molar-refractivity contribution in [2.24, 2.45) is 5.73 Å². The van der Waals surface area contributed by atoms with Crippen LogP contribution in [-0.2, 0) is 12.8 Å². The van der Waals surface area contributed by atoms with E-state index in [1.165, 1.54) is 5.56 Å². The highest BCUT2D eigenvalue weighted by molar-refractivity contribution is 7.80. The number of rotatable bonds is 3. The van der Waals surface area contributed by atoms with Crippen molar-refractivity contribution < 1.29 is 4.74 Å². The van der Waals surface area contributed by atoms with Crippen LogP contribution < -0.4 is 10.5 Å². The van der Waals surface area contributed by atoms with Gasteiger partial charge in [0.15, 0.2) is 0 Å². The van der Waals surface area contributed by atoms with Gasteiger partial charge < -0.3 is 10.5 Å². The molecule has 0 saturated heterocycles. The maximum atomic E-state index is 5.65. The summed E-state index contributed by atoms with van der Waals surface area (Å²) in [6.07, 6.45) is 3.27. The van der Waals surface area contributed by atoms with Crippen LogP contribution in [0.1, 0.15) is 30.2 Å². The molecule has 1 aromatic rings. The van der Waals surface area contributed by atoms with Gasteiger partial charge in [0.25, 0.3) is 0 Å². The summed E-state index contributed by atoms with van der Waals surface area (Å²) >= 11 is 4.99. The van der Waals surface area contributed by atoms with Crippen molar-refractivity contribution in [1.29, 1.82) is 0 Å². The standard InChI is InChI=1S/C11H14N2OS/c1-2-14-11-8(10(12)15)6-7-4-3-5-9(7)13-11/h6H,2-5H2,1H3,(H2,12,15). The molecular formula is C11H14N2OS. The minimum absolute atomic E-state index is 0.362. The quantitative estimate of drug-likeness (QED) is 0.789. The van der Waals surface area contributed by atoms with E-state index in [0.717, 1.165) is 30.5 Å². The van der Waals surface area contributed by atoms with Crippen LogP contribution in [0.5, 0.6) is 5.88 Å². The number of pyridine rings is 1. The molecule has 0 fully saturated rings. The van der Waals surface area contributed by atoms with Gasteiger partial charge >= 0.3 is 0 Å². The van der Waals surface area contributed by atoms with Gasteiger partial charge in [-0.2, -0.15) is 0 Å². The molecule has 1 aromatic heterocycles. The van der Waals surface area contributed by atoms with Crippen LogP contribution in [-0.4, -0.2) is 16.6 Å². The molecule has 0 spiro atoms. The second kappa shape index (κ2) is 4.14. The molecule has 1 aliphatic carbocycles. The summed E-state index contributed by atoms with van der Waals surface area (Å²) in [4.78, 5) is 4.84. The highest BCUT2D eigenvalue weighted by Crippen LogP contribution is 2.26. The first-order valence-corrected chi connectivity index (χ1v) is 5.58. The lowest BCUT2D eigenvalue weighted by Crippen LogP contribution is -2.14. The summed E-state index contributed by atoms with van der Waals surface area (Å²) in [7, 11) is 0. The van der Waals surface area contributed by atoms with Crippen LogP contribution in [0.4, 0.5) is 0 Å². The second-order valence-electron chi connectivity index (χ2n) is 3.60. The van der Waals surface area contributed by atoms with E-state index in [1.807, 2.05) is 13.0 Å². The van der Waals surface area contributed by atoms with Crippen molar-refractivity contribution in [3.8, 4) is 5.88 Å². The van der Waals surface area contributed by atoms with Crippen LogP contribution in [0.25, 0.3) is 0 Å². The maximum absolute atomic E-state index is 5.65. The first-order chi connectivity index (χ1) is 7.22. The number of ether oxygens (including phenoxy) is 1. The van der Waals surface area contributed by atoms with Gasteiger partial charge in [-0.3, -0.25) is 0 Å². The highest BCUT2D eigenvalue weighted by atomic mass is 32.1. The van der Waals surface area contributed by atoms with Crippen molar-refractivity contribution in [3.63, 3.8) is 0 Å². The minimum Gasteiger partial charge on any atom is -0.477 e. The van der Waals surface area contributed by atoms with E-state index >= 15 is 0 Å². The third-order valence-corrected chi connectivity index (χ3v) is 2.78. The van der Waals surface area contributed by atoms with Gasteiger partial charge in [-0.05, 0) is 37.8 Å². The van der Waals surface area contributed by atoms with Gasteiger partial charge in [0.05, 0.1) is 12.2 Å². The summed E-state index contributed by atoms with van der Waals surface area (Å²) in [5.41, 5.74) is 8.82. The van der Waals surface area contributed by atoms with Crippen molar-refractivity contribution in [2.45, 2.75) is 26.2 Å². The van der Waals surface area contributed by atoms with Crippen LogP contribution in [0.2, 0.25) is 0 Å². The number of hydrogen-bond acceptors (Lipinski definition) is 3. The van der Waals surface area contributed by atoms with Crippen molar-refractivity contribution >= 4 is 17.2 Å². The summed E-state index contributed by atoms with van der Waals surface area (Å²) in [6, 6.07) is 2.03. The molecule has 2 rings (SSSR count). The molecule has 0 atom stereocenters. The summed E-state index contributed by atoms with van der Waals surface area (Å²) in [5, 5.41) is 0. The van der Waals surface area contributed by atoms with Gasteiger partial charge in [-0.1, -0.05) is 12.2 Å². The summed E-state index contributed by atoms with van der Waals surface area (Å²) in [6.45, 7) is 2.51. The number of hydrogen-bond donors (Lipinski definition) is 1. The smallest absolute Gasteiger partial charge is 0.223 e. The molecule has 0 aliphatic heterocycles. The Bertz CT molecular complexity index is 404. The lowest BCUT2D eigenvalue weighted by Gasteiger charge is -2.10. The Morgan fingerprint density at radius 3 is 3.07 bits per heavy atom. The molecule has 80 valence electrons. The maximum Gasteiger partial charge on any atom is 0.223 e. The zero-order valence-electron chi connectivity index (χ0n) is 8.75. The molecule has 0 saturated carbocycles. The van der Waals surface area contributed by atoms with Crippen LogP contribution in [0.15, 0.2) is 6.07 Å². The lowest BCUT2D eigenvalue weighted by atomic mass is 10.1. The van der Waals surface area contributed by atoms with Gasteiger partial charge in [0.1, 0.15) is 4.99 Å². The number of thiocarbonyl (C=S) groups is 1. The average Bonchev–Trinajstić information content (AvgIpc) is 2.63. The van der Waals surface area contributed by atoms with E-state index < -0.39 is 0 Å². The Labute approximate surface area is 94.6 Å². The molecule has 2 N–H and O–H groups in total. The fraction of sp³-hybridized carbons (Fsp3) is 0.455. The van der Waals surface area contributed by atoms with Crippen molar-refractivity contribution in [3.05, 3.63) is 22.9 Å². The molecule has 4 heteroatoms. The van der Waals surface area contributed by atoms with E-state index in [0.29, 0.717) is 17.5 Å². The number of fused-ring (bicyclic) bond motifs is 1. The number of aromatic nitrogens is 1. The van der Waals surface area contributed by atoms with Gasteiger partial charge in [0.2, 0.25) is 5.88 Å². The Morgan fingerprint density at radius 2 is 2.40 bits per heavy atom. The number of nitrogens with two attached hydrogens (primary N) is 1. The first-order valence-electron chi connectivity index (χ1n) is 5.17. The van der Waals surface area contributed by atoms with Gasteiger partial charge in [0, 0.05) is 5.69 Å². The zero-order chi connectivity index (χ0) is 10.8. The van der Waals surface area contributed by atoms with E-state index in [1.54, 1.807) is 0 Å². The Morgan fingerprint density at radius 1 is 1.60 bits per heavy atom. The van der Waals surface area contributed by atoms with E-state index in [9.17, 15) is 0 Å². The topological polar surface area (TPSA) is 48.1 Å². The van der Waals surface area contributed by atoms with E-state index in [-0.39, 0.29) is 0 Å². The minimum atomic E-state index is 0.362. The molecule has 0 radical (unpaired) electrons. The van der Waals surface area contributed by atoms with Crippen LogP contribution >= 0.6 is 12.2 Å². The molecule has 3 nitrogen and oxygen atoms in total. The average molecular weight is 222 g/mol. The highest BCUT2D eigenvalue weighted by Gasteiger charge is 2.18. The largest absolute Gasteiger partial charge is 0.477 e. The molecule has 0 amide bonds. The van der Waals surface area contributed by atoms with E-state index in [4.69, 9.17) is 22.7 Å². The molecule has 1 aliphatic rings. The van der Waals surface area contributed by atoms with Crippen molar-refractivity contribution in [1.82, 2.24) is 4.98 Å². The van der Waals surface area contributed by atoms with E-state index in [2.05, 4.69) is 4.98 Å². The molecule has 0 unspecified atom stereocenters. The Hall–Kier alpha value is -1.16. The predicted molar refractivity (Wildman–Crippen MR) is 63.3 cm³/mol. The normalized spacial score (nSPS) is 13.7. The fourth-order valence-electron chi connectivity index (χ4n) is 1.88. The zero-order valence-corrected chi connectivity index (χ0v) is 9.56. The van der Waals surface area contributed by atoms with Crippen molar-refractivity contribution in [2.75, 3.05) is 6.61 Å². The van der Waals surface area contributed by atoms with Crippen LogP contribution in [0, 0.1) is 0 Å². The van der Waals surface area contributed by atoms with Gasteiger partial charge in [-0.15, -0.1) is 0 Å². The lowest BCUT2D eigenvalue weighted by molar-refractivity contribution is 0.325. The summed E-state index contributed by atoms with van der Waals surface area (Å²) < 4.78 is 5.44. The third kappa shape index (κ3) is 1.95. The predicted octanol–water partition coefficient (Wildman–Crippen LogP) is 1.60. The molecule has 0 bridgehead atoms. The Kier molecular flexibility index (Phi) is 2.86. The summed E-state index contributed by atoms with van der Waals surface area (Å²) in [5.74, 6) is 0.589. The molecule has 1 heterocycles. The monoisotopic (exact) mass is 222 g/mol. The second-order valence-corrected chi connectivity index (χ2v) is 4.04.